The number of carbonyl (C=O) groups excluding carboxylic acids is 1. The Balaban J connectivity index is 2.57. The minimum atomic E-state index is -0.381. The van der Waals surface area contributed by atoms with Crippen molar-refractivity contribution in [2.24, 2.45) is 5.92 Å². The zero-order valence-corrected chi connectivity index (χ0v) is 13.2. The molecule has 0 aliphatic carbocycles. The van der Waals surface area contributed by atoms with Gasteiger partial charge in [0.2, 0.25) is 0 Å². The van der Waals surface area contributed by atoms with Crippen molar-refractivity contribution in [1.82, 2.24) is 15.0 Å². The molecule has 0 aliphatic heterocycles. The van der Waals surface area contributed by atoms with Gasteiger partial charge in [0.05, 0.1) is 18.8 Å². The molecule has 0 aromatic carbocycles. The lowest BCUT2D eigenvalue weighted by Gasteiger charge is -2.07. The van der Waals surface area contributed by atoms with E-state index in [4.69, 9.17) is 4.74 Å². The Morgan fingerprint density at radius 2 is 2.05 bits per heavy atom. The summed E-state index contributed by atoms with van der Waals surface area (Å²) in [7, 11) is 0. The van der Waals surface area contributed by atoms with Crippen LogP contribution in [-0.2, 0) is 11.3 Å². The number of rotatable bonds is 7. The Bertz CT molecular complexity index is 416. The minimum absolute atomic E-state index is 0.321. The van der Waals surface area contributed by atoms with Crippen LogP contribution in [0.5, 0.6) is 0 Å². The van der Waals surface area contributed by atoms with Crippen molar-refractivity contribution in [3.05, 3.63) is 11.4 Å². The molecule has 0 radical (unpaired) electrons. The summed E-state index contributed by atoms with van der Waals surface area (Å²) in [6.07, 6.45) is 0. The quantitative estimate of drug-likeness (QED) is 0.721. The van der Waals surface area contributed by atoms with Crippen molar-refractivity contribution in [3.8, 4) is 0 Å². The third-order valence-electron chi connectivity index (χ3n) is 2.48. The number of hydrogen-bond acceptors (Lipinski definition) is 5. The molecule has 0 fully saturated rings. The molecule has 1 heterocycles. The summed E-state index contributed by atoms with van der Waals surface area (Å²) in [5.74, 6) is 0.901. The molecule has 0 amide bonds. The van der Waals surface area contributed by atoms with Crippen molar-refractivity contribution in [1.29, 1.82) is 0 Å². The second-order valence-electron chi connectivity index (χ2n) is 5.16. The van der Waals surface area contributed by atoms with Gasteiger partial charge in [-0.2, -0.15) is 11.8 Å². The number of hydrogen-bond donors (Lipinski definition) is 0. The van der Waals surface area contributed by atoms with Crippen molar-refractivity contribution in [2.75, 3.05) is 12.4 Å². The van der Waals surface area contributed by atoms with Gasteiger partial charge >= 0.3 is 5.97 Å². The number of carbonyl (C=O) groups is 1. The first kappa shape index (κ1) is 16.0. The number of nitrogens with zero attached hydrogens (tertiary/aromatic N) is 3. The van der Waals surface area contributed by atoms with Crippen LogP contribution < -0.4 is 0 Å². The summed E-state index contributed by atoms with van der Waals surface area (Å²) >= 11 is 1.86. The van der Waals surface area contributed by atoms with Gasteiger partial charge in [-0.3, -0.25) is 0 Å². The molecule has 1 aromatic rings. The van der Waals surface area contributed by atoms with Crippen molar-refractivity contribution in [3.63, 3.8) is 0 Å². The summed E-state index contributed by atoms with van der Waals surface area (Å²) in [6.45, 7) is 11.3. The average molecular weight is 285 g/mol. The van der Waals surface area contributed by atoms with Gasteiger partial charge in [-0.15, -0.1) is 5.10 Å². The third kappa shape index (κ3) is 5.22. The zero-order chi connectivity index (χ0) is 14.4. The van der Waals surface area contributed by atoms with Crippen LogP contribution in [0.4, 0.5) is 0 Å². The number of aryl methyl sites for hydroxylation is 1. The van der Waals surface area contributed by atoms with Gasteiger partial charge in [0.25, 0.3) is 0 Å². The normalized spacial score (nSPS) is 11.3. The number of thioether (sulfide) groups is 1. The van der Waals surface area contributed by atoms with E-state index in [2.05, 4.69) is 24.2 Å². The first-order valence-electron chi connectivity index (χ1n) is 6.60. The monoisotopic (exact) mass is 285 g/mol. The van der Waals surface area contributed by atoms with Crippen LogP contribution in [0.25, 0.3) is 0 Å². The molecule has 19 heavy (non-hydrogen) atoms. The van der Waals surface area contributed by atoms with E-state index in [1.165, 1.54) is 0 Å². The van der Waals surface area contributed by atoms with E-state index in [-0.39, 0.29) is 5.97 Å². The highest BCUT2D eigenvalue weighted by Crippen LogP contribution is 2.11. The molecule has 0 aliphatic rings. The van der Waals surface area contributed by atoms with Gasteiger partial charge in [-0.05, 0) is 18.1 Å². The Kier molecular flexibility index (Phi) is 6.34. The number of aromatic nitrogens is 3. The first-order valence-corrected chi connectivity index (χ1v) is 7.65. The molecular formula is C13H23N3O2S. The lowest BCUT2D eigenvalue weighted by atomic mass is 10.2. The summed E-state index contributed by atoms with van der Waals surface area (Å²) in [6, 6.07) is 0. The van der Waals surface area contributed by atoms with Crippen molar-refractivity contribution >= 4 is 17.7 Å². The smallest absolute Gasteiger partial charge is 0.360 e. The largest absolute Gasteiger partial charge is 0.461 e. The van der Waals surface area contributed by atoms with Crippen LogP contribution >= 0.6 is 11.8 Å². The maximum absolute atomic E-state index is 11.8. The fourth-order valence-electron chi connectivity index (χ4n) is 1.45. The maximum atomic E-state index is 11.8. The highest BCUT2D eigenvalue weighted by molar-refractivity contribution is 7.99. The van der Waals surface area contributed by atoms with E-state index in [0.717, 1.165) is 18.0 Å². The second-order valence-corrected chi connectivity index (χ2v) is 6.84. The molecule has 108 valence electrons. The Labute approximate surface area is 119 Å². The van der Waals surface area contributed by atoms with Crippen LogP contribution in [0.15, 0.2) is 0 Å². The highest BCUT2D eigenvalue weighted by Gasteiger charge is 2.18. The molecule has 0 spiro atoms. The Hall–Kier alpha value is -1.04. The van der Waals surface area contributed by atoms with Gasteiger partial charge in [0.1, 0.15) is 0 Å². The van der Waals surface area contributed by atoms with Gasteiger partial charge < -0.3 is 4.74 Å². The number of esters is 1. The van der Waals surface area contributed by atoms with Gasteiger partial charge in [-0.25, -0.2) is 9.48 Å². The molecule has 0 saturated carbocycles. The molecule has 0 saturated heterocycles. The van der Waals surface area contributed by atoms with E-state index in [1.807, 2.05) is 32.5 Å². The summed E-state index contributed by atoms with van der Waals surface area (Å²) < 4.78 is 6.93. The third-order valence-corrected chi connectivity index (χ3v) is 3.56. The molecule has 6 heteroatoms. The lowest BCUT2D eigenvalue weighted by molar-refractivity contribution is 0.0451. The van der Waals surface area contributed by atoms with Crippen LogP contribution in [-0.4, -0.2) is 38.6 Å². The summed E-state index contributed by atoms with van der Waals surface area (Å²) in [4.78, 5) is 11.8. The predicted molar refractivity (Wildman–Crippen MR) is 77.5 cm³/mol. The van der Waals surface area contributed by atoms with Gasteiger partial charge in [0.15, 0.2) is 5.69 Å². The molecule has 5 nitrogen and oxygen atoms in total. The van der Waals surface area contributed by atoms with Crippen LogP contribution in [0.2, 0.25) is 0 Å². The van der Waals surface area contributed by atoms with E-state index < -0.39 is 0 Å². The first-order chi connectivity index (χ1) is 8.91. The maximum Gasteiger partial charge on any atom is 0.360 e. The van der Waals surface area contributed by atoms with E-state index in [9.17, 15) is 4.79 Å². The molecule has 0 atom stereocenters. The molecule has 1 aromatic heterocycles. The standard InChI is InChI=1S/C13H23N3O2S/c1-9(2)8-18-13(17)12-11(5)16(15-14-12)6-7-19-10(3)4/h9-10H,6-8H2,1-5H3. The van der Waals surface area contributed by atoms with Gasteiger partial charge in [-0.1, -0.05) is 32.9 Å². The van der Waals surface area contributed by atoms with Crippen LogP contribution in [0.3, 0.4) is 0 Å². The highest BCUT2D eigenvalue weighted by atomic mass is 32.2. The van der Waals surface area contributed by atoms with Gasteiger partial charge in [0, 0.05) is 5.75 Å². The second kappa shape index (κ2) is 7.53. The van der Waals surface area contributed by atoms with Crippen molar-refractivity contribution < 1.29 is 9.53 Å². The summed E-state index contributed by atoms with van der Waals surface area (Å²) in [5.41, 5.74) is 1.10. The fraction of sp³-hybridized carbons (Fsp3) is 0.769. The zero-order valence-electron chi connectivity index (χ0n) is 12.3. The van der Waals surface area contributed by atoms with Crippen molar-refractivity contribution in [2.45, 2.75) is 46.4 Å². The Morgan fingerprint density at radius 1 is 1.37 bits per heavy atom. The van der Waals surface area contributed by atoms with E-state index in [1.54, 1.807) is 4.68 Å². The predicted octanol–water partition coefficient (Wildman–Crippen LogP) is 2.54. The average Bonchev–Trinajstić information content (AvgIpc) is 2.68. The molecule has 0 bridgehead atoms. The lowest BCUT2D eigenvalue weighted by Crippen LogP contribution is -2.12. The Morgan fingerprint density at radius 3 is 2.63 bits per heavy atom. The molecule has 0 unspecified atom stereocenters. The SMILES string of the molecule is Cc1c(C(=O)OCC(C)C)nnn1CCSC(C)C. The van der Waals surface area contributed by atoms with Crippen LogP contribution in [0.1, 0.15) is 43.9 Å². The summed E-state index contributed by atoms with van der Waals surface area (Å²) in [5, 5.41) is 8.53. The topological polar surface area (TPSA) is 57.0 Å². The van der Waals surface area contributed by atoms with E-state index >= 15 is 0 Å². The van der Waals surface area contributed by atoms with Crippen LogP contribution in [0, 0.1) is 12.8 Å². The molecular weight excluding hydrogens is 262 g/mol. The minimum Gasteiger partial charge on any atom is -0.461 e. The van der Waals surface area contributed by atoms with E-state index in [0.29, 0.717) is 23.5 Å². The molecule has 0 N–H and O–H groups in total. The number of ether oxygens (including phenoxy) is 1. The molecule has 1 rings (SSSR count). The fourth-order valence-corrected chi connectivity index (χ4v) is 2.20.